The highest BCUT2D eigenvalue weighted by Crippen LogP contribution is 2.27. The van der Waals surface area contributed by atoms with Gasteiger partial charge in [0.1, 0.15) is 5.82 Å². The lowest BCUT2D eigenvalue weighted by molar-refractivity contribution is -0.115. The molecule has 0 atom stereocenters. The molecule has 0 aliphatic rings. The van der Waals surface area contributed by atoms with Gasteiger partial charge in [-0.1, -0.05) is 12.1 Å². The van der Waals surface area contributed by atoms with Crippen LogP contribution in [-0.4, -0.2) is 46.2 Å². The fourth-order valence-corrected chi connectivity index (χ4v) is 2.52. The SMILES string of the molecule is CN=C(NCCc1ccc(OC)c(OC)c1)NCC(=O)Nc1cccc(F)c1.I. The Bertz CT molecular complexity index is 833. The summed E-state index contributed by atoms with van der Waals surface area (Å²) >= 11 is 0. The van der Waals surface area contributed by atoms with E-state index in [2.05, 4.69) is 20.9 Å². The Balaban J connectivity index is 0.00000420. The van der Waals surface area contributed by atoms with E-state index in [0.29, 0.717) is 29.7 Å². The number of aliphatic imine (C=N–C) groups is 1. The maximum Gasteiger partial charge on any atom is 0.243 e. The molecule has 0 aliphatic heterocycles. The van der Waals surface area contributed by atoms with Gasteiger partial charge in [0.2, 0.25) is 5.91 Å². The van der Waals surface area contributed by atoms with Crippen LogP contribution in [0, 0.1) is 5.82 Å². The molecule has 0 aromatic heterocycles. The standard InChI is InChI=1S/C20H25FN4O3.HI/c1-22-20(24-13-19(26)25-16-6-4-5-15(21)12-16)23-10-9-14-7-8-17(27-2)18(11-14)28-3;/h4-8,11-12H,9-10,13H2,1-3H3,(H,25,26)(H2,22,23,24);1H. The van der Waals surface area contributed by atoms with Gasteiger partial charge in [0.25, 0.3) is 0 Å². The van der Waals surface area contributed by atoms with Crippen molar-refractivity contribution in [3.8, 4) is 11.5 Å². The molecule has 0 unspecified atom stereocenters. The molecule has 0 radical (unpaired) electrons. The lowest BCUT2D eigenvalue weighted by atomic mass is 10.1. The number of anilines is 1. The Morgan fingerprint density at radius 1 is 1.07 bits per heavy atom. The number of methoxy groups -OCH3 is 2. The first-order valence-corrected chi connectivity index (χ1v) is 8.76. The summed E-state index contributed by atoms with van der Waals surface area (Å²) in [5, 5.41) is 8.68. The summed E-state index contributed by atoms with van der Waals surface area (Å²) < 4.78 is 23.7. The van der Waals surface area contributed by atoms with E-state index in [0.717, 1.165) is 12.0 Å². The van der Waals surface area contributed by atoms with Crippen molar-refractivity contribution in [2.24, 2.45) is 4.99 Å². The van der Waals surface area contributed by atoms with Crippen LogP contribution < -0.4 is 25.4 Å². The fraction of sp³-hybridized carbons (Fsp3) is 0.300. The van der Waals surface area contributed by atoms with Gasteiger partial charge in [0, 0.05) is 19.3 Å². The molecule has 3 N–H and O–H groups in total. The van der Waals surface area contributed by atoms with E-state index in [1.807, 2.05) is 18.2 Å². The molecule has 0 spiro atoms. The number of amides is 1. The fourth-order valence-electron chi connectivity index (χ4n) is 2.52. The van der Waals surface area contributed by atoms with Crippen LogP contribution in [0.5, 0.6) is 11.5 Å². The topological polar surface area (TPSA) is 84.0 Å². The first-order chi connectivity index (χ1) is 13.5. The number of carbonyl (C=O) groups excluding carboxylic acids is 1. The number of hydrogen-bond acceptors (Lipinski definition) is 4. The van der Waals surface area contributed by atoms with E-state index in [1.54, 1.807) is 27.3 Å². The van der Waals surface area contributed by atoms with Crippen molar-refractivity contribution in [1.29, 1.82) is 0 Å². The number of guanidine groups is 1. The monoisotopic (exact) mass is 516 g/mol. The molecule has 9 heteroatoms. The van der Waals surface area contributed by atoms with Gasteiger partial charge in [-0.25, -0.2) is 4.39 Å². The first-order valence-electron chi connectivity index (χ1n) is 8.76. The van der Waals surface area contributed by atoms with Gasteiger partial charge in [-0.3, -0.25) is 9.79 Å². The molecule has 2 aromatic carbocycles. The molecule has 29 heavy (non-hydrogen) atoms. The molecule has 0 fully saturated rings. The van der Waals surface area contributed by atoms with Gasteiger partial charge >= 0.3 is 0 Å². The lowest BCUT2D eigenvalue weighted by Crippen LogP contribution is -2.42. The predicted octanol–water partition coefficient (Wildman–Crippen LogP) is 2.81. The highest BCUT2D eigenvalue weighted by molar-refractivity contribution is 14.0. The average molecular weight is 516 g/mol. The van der Waals surface area contributed by atoms with Crippen molar-refractivity contribution in [2.45, 2.75) is 6.42 Å². The second-order valence-corrected chi connectivity index (χ2v) is 5.85. The molecule has 0 saturated carbocycles. The van der Waals surface area contributed by atoms with Gasteiger partial charge in [-0.2, -0.15) is 0 Å². The molecule has 0 bridgehead atoms. The van der Waals surface area contributed by atoms with Crippen molar-refractivity contribution in [3.05, 3.63) is 53.8 Å². The third-order valence-corrected chi connectivity index (χ3v) is 3.90. The minimum atomic E-state index is -0.404. The summed E-state index contributed by atoms with van der Waals surface area (Å²) in [6.45, 7) is 0.618. The van der Waals surface area contributed by atoms with Crippen LogP contribution in [0.3, 0.4) is 0 Å². The minimum Gasteiger partial charge on any atom is -0.493 e. The normalized spacial score (nSPS) is 10.6. The summed E-state index contributed by atoms with van der Waals surface area (Å²) in [4.78, 5) is 16.0. The molecule has 0 aliphatic carbocycles. The van der Waals surface area contributed by atoms with Crippen LogP contribution in [0.2, 0.25) is 0 Å². The van der Waals surface area contributed by atoms with Crippen molar-refractivity contribution >= 4 is 41.5 Å². The van der Waals surface area contributed by atoms with Crippen LogP contribution in [0.25, 0.3) is 0 Å². The Morgan fingerprint density at radius 2 is 1.83 bits per heavy atom. The molecular weight excluding hydrogens is 490 g/mol. The zero-order chi connectivity index (χ0) is 20.4. The molecule has 0 heterocycles. The summed E-state index contributed by atoms with van der Waals surface area (Å²) in [7, 11) is 4.82. The van der Waals surface area contributed by atoms with Crippen LogP contribution in [0.1, 0.15) is 5.56 Å². The third kappa shape index (κ3) is 8.14. The second-order valence-electron chi connectivity index (χ2n) is 5.85. The number of rotatable bonds is 8. The third-order valence-electron chi connectivity index (χ3n) is 3.90. The summed E-state index contributed by atoms with van der Waals surface area (Å²) in [5.74, 6) is 1.15. The molecular formula is C20H26FIN4O3. The Hall–Kier alpha value is -2.56. The molecule has 0 saturated heterocycles. The number of halogens is 2. The van der Waals surface area contributed by atoms with Gasteiger partial charge < -0.3 is 25.4 Å². The minimum absolute atomic E-state index is 0. The largest absolute Gasteiger partial charge is 0.493 e. The van der Waals surface area contributed by atoms with Crippen LogP contribution in [0.15, 0.2) is 47.5 Å². The molecule has 2 rings (SSSR count). The molecule has 158 valence electrons. The number of nitrogens with one attached hydrogen (secondary N) is 3. The maximum atomic E-state index is 13.1. The Labute approximate surface area is 187 Å². The van der Waals surface area contributed by atoms with E-state index in [9.17, 15) is 9.18 Å². The zero-order valence-corrected chi connectivity index (χ0v) is 19.0. The molecule has 1 amide bonds. The predicted molar refractivity (Wildman–Crippen MR) is 123 cm³/mol. The summed E-state index contributed by atoms with van der Waals surface area (Å²) in [6.07, 6.45) is 0.733. The van der Waals surface area contributed by atoms with Crippen molar-refractivity contribution in [3.63, 3.8) is 0 Å². The number of nitrogens with zero attached hydrogens (tertiary/aromatic N) is 1. The second kappa shape index (κ2) is 12.8. The van der Waals surface area contributed by atoms with Gasteiger partial charge in [0.15, 0.2) is 17.5 Å². The number of benzene rings is 2. The van der Waals surface area contributed by atoms with Crippen LogP contribution >= 0.6 is 24.0 Å². The van der Waals surface area contributed by atoms with Gasteiger partial charge in [0.05, 0.1) is 20.8 Å². The van der Waals surface area contributed by atoms with Crippen LogP contribution in [-0.2, 0) is 11.2 Å². The van der Waals surface area contributed by atoms with Crippen LogP contribution in [0.4, 0.5) is 10.1 Å². The number of hydrogen-bond donors (Lipinski definition) is 3. The van der Waals surface area contributed by atoms with Crippen molar-refractivity contribution in [1.82, 2.24) is 10.6 Å². The highest BCUT2D eigenvalue weighted by atomic mass is 127. The van der Waals surface area contributed by atoms with Gasteiger partial charge in [-0.05, 0) is 42.3 Å². The quantitative estimate of drug-likeness (QED) is 0.286. The lowest BCUT2D eigenvalue weighted by Gasteiger charge is -2.13. The van der Waals surface area contributed by atoms with Gasteiger partial charge in [-0.15, -0.1) is 24.0 Å². The molecule has 2 aromatic rings. The van der Waals surface area contributed by atoms with E-state index in [1.165, 1.54) is 18.2 Å². The summed E-state index contributed by atoms with van der Waals surface area (Å²) in [5.41, 5.74) is 1.48. The zero-order valence-electron chi connectivity index (χ0n) is 16.6. The van der Waals surface area contributed by atoms with E-state index >= 15 is 0 Å². The number of ether oxygens (including phenoxy) is 2. The van der Waals surface area contributed by atoms with E-state index < -0.39 is 5.82 Å². The van der Waals surface area contributed by atoms with Crippen molar-refractivity contribution in [2.75, 3.05) is 39.7 Å². The highest BCUT2D eigenvalue weighted by Gasteiger charge is 2.07. The van der Waals surface area contributed by atoms with E-state index in [4.69, 9.17) is 9.47 Å². The number of carbonyl (C=O) groups is 1. The average Bonchev–Trinajstić information content (AvgIpc) is 2.70. The summed E-state index contributed by atoms with van der Waals surface area (Å²) in [6, 6.07) is 11.5. The smallest absolute Gasteiger partial charge is 0.243 e. The van der Waals surface area contributed by atoms with E-state index in [-0.39, 0.29) is 36.4 Å². The Kier molecular flexibility index (Phi) is 10.8. The maximum absolute atomic E-state index is 13.1. The first kappa shape index (κ1) is 24.5. The Morgan fingerprint density at radius 3 is 2.48 bits per heavy atom. The molecule has 7 nitrogen and oxygen atoms in total. The van der Waals surface area contributed by atoms with Crippen molar-refractivity contribution < 1.29 is 18.7 Å².